The standard InChI is InChI=1S/C5H12B2O2/c1-5(2,6-3)9-7-4-8/h8H,4H2,1-3H3. The van der Waals surface area contributed by atoms with Gasteiger partial charge in [0.15, 0.2) is 0 Å². The first kappa shape index (κ1) is 9.05. The normalized spacial score (nSPS) is 11.1. The monoisotopic (exact) mass is 126 g/mol. The predicted octanol–water partition coefficient (Wildman–Crippen LogP) is 0.0604. The highest BCUT2D eigenvalue weighted by Crippen LogP contribution is 2.04. The highest BCUT2D eigenvalue weighted by molar-refractivity contribution is 6.39. The second-order valence-corrected chi connectivity index (χ2v) is 2.36. The average molecular weight is 126 g/mol. The van der Waals surface area contributed by atoms with Gasteiger partial charge in [0.2, 0.25) is 0 Å². The van der Waals surface area contributed by atoms with Crippen LogP contribution < -0.4 is 0 Å². The molecule has 50 valence electrons. The second-order valence-electron chi connectivity index (χ2n) is 2.36. The zero-order valence-corrected chi connectivity index (χ0v) is 6.22. The summed E-state index contributed by atoms with van der Waals surface area (Å²) in [5, 5.41) is 8.33. The van der Waals surface area contributed by atoms with Gasteiger partial charge in [0, 0.05) is 12.0 Å². The summed E-state index contributed by atoms with van der Waals surface area (Å²) in [5.74, 6) is 0. The van der Waals surface area contributed by atoms with Crippen LogP contribution in [0.3, 0.4) is 0 Å². The van der Waals surface area contributed by atoms with Crippen LogP contribution in [0, 0.1) is 0 Å². The van der Waals surface area contributed by atoms with E-state index < -0.39 is 0 Å². The summed E-state index contributed by atoms with van der Waals surface area (Å²) in [7, 11) is 3.32. The lowest BCUT2D eigenvalue weighted by Gasteiger charge is -2.22. The van der Waals surface area contributed by atoms with Gasteiger partial charge >= 0.3 is 7.48 Å². The average Bonchev–Trinajstić information content (AvgIpc) is 1.84. The lowest BCUT2D eigenvalue weighted by atomic mass is 9.64. The van der Waals surface area contributed by atoms with Crippen LogP contribution in [-0.4, -0.2) is 31.9 Å². The number of aliphatic hydroxyl groups is 1. The molecule has 0 spiro atoms. The molecule has 0 heterocycles. The van der Waals surface area contributed by atoms with Gasteiger partial charge in [-0.15, -0.1) is 0 Å². The van der Waals surface area contributed by atoms with E-state index in [0.29, 0.717) is 0 Å². The Morgan fingerprint density at radius 2 is 2.11 bits per heavy atom. The van der Waals surface area contributed by atoms with Gasteiger partial charge in [-0.3, -0.25) is 0 Å². The van der Waals surface area contributed by atoms with E-state index in [1.165, 1.54) is 7.48 Å². The third-order valence-electron chi connectivity index (χ3n) is 1.16. The molecule has 0 saturated heterocycles. The van der Waals surface area contributed by atoms with Gasteiger partial charge in [-0.1, -0.05) is 6.82 Å². The van der Waals surface area contributed by atoms with E-state index in [2.05, 4.69) is 0 Å². The molecule has 0 amide bonds. The molecular weight excluding hydrogens is 114 g/mol. The van der Waals surface area contributed by atoms with Crippen LogP contribution in [-0.2, 0) is 4.65 Å². The molecular formula is C5H12B2O2. The summed E-state index contributed by atoms with van der Waals surface area (Å²) < 4.78 is 5.10. The maximum Gasteiger partial charge on any atom is 0.319 e. The first-order valence-electron chi connectivity index (χ1n) is 3.03. The van der Waals surface area contributed by atoms with Crippen molar-refractivity contribution in [3.63, 3.8) is 0 Å². The lowest BCUT2D eigenvalue weighted by Crippen LogP contribution is -2.32. The molecule has 0 aliphatic rings. The maximum absolute atomic E-state index is 8.33. The van der Waals surface area contributed by atoms with Gasteiger partial charge in [0.05, 0.1) is 0 Å². The quantitative estimate of drug-likeness (QED) is 0.539. The number of rotatable bonds is 4. The topological polar surface area (TPSA) is 29.5 Å². The molecule has 0 unspecified atom stereocenters. The third-order valence-corrected chi connectivity index (χ3v) is 1.16. The summed E-state index contributed by atoms with van der Waals surface area (Å²) in [6.45, 7) is 5.75. The molecule has 0 aliphatic heterocycles. The van der Waals surface area contributed by atoms with Crippen LogP contribution in [0.2, 0.25) is 6.82 Å². The summed E-state index contributed by atoms with van der Waals surface area (Å²) in [6, 6.07) is 0. The molecule has 0 aromatic rings. The van der Waals surface area contributed by atoms with Gasteiger partial charge in [-0.25, -0.2) is 0 Å². The minimum Gasteiger partial charge on any atom is -0.441 e. The zero-order chi connectivity index (χ0) is 7.33. The Hall–Kier alpha value is 0.0499. The van der Waals surface area contributed by atoms with E-state index in [9.17, 15) is 0 Å². The Morgan fingerprint density at radius 3 is 2.44 bits per heavy atom. The van der Waals surface area contributed by atoms with Gasteiger partial charge in [0.25, 0.3) is 0 Å². The fraction of sp³-hybridized carbons (Fsp3) is 1.00. The van der Waals surface area contributed by atoms with E-state index >= 15 is 0 Å². The lowest BCUT2D eigenvalue weighted by molar-refractivity contribution is 0.191. The molecule has 9 heavy (non-hydrogen) atoms. The molecule has 0 bridgehead atoms. The van der Waals surface area contributed by atoms with Crippen molar-refractivity contribution in [2.45, 2.75) is 26.2 Å². The van der Waals surface area contributed by atoms with E-state index in [-0.39, 0.29) is 12.0 Å². The highest BCUT2D eigenvalue weighted by Gasteiger charge is 2.14. The number of hydrogen-bond acceptors (Lipinski definition) is 2. The van der Waals surface area contributed by atoms with Crippen molar-refractivity contribution in [1.29, 1.82) is 0 Å². The summed E-state index contributed by atoms with van der Waals surface area (Å²) in [5.41, 5.74) is -0.247. The fourth-order valence-corrected chi connectivity index (χ4v) is 0.320. The van der Waals surface area contributed by atoms with Crippen molar-refractivity contribution >= 4 is 14.8 Å². The molecule has 4 heteroatoms. The second kappa shape index (κ2) is 3.96. The number of hydrogen-bond donors (Lipinski definition) is 1. The summed E-state index contributed by atoms with van der Waals surface area (Å²) in [4.78, 5) is 0. The van der Waals surface area contributed by atoms with Crippen LogP contribution in [0.15, 0.2) is 0 Å². The Morgan fingerprint density at radius 1 is 1.56 bits per heavy atom. The fourth-order valence-electron chi connectivity index (χ4n) is 0.320. The minimum atomic E-state index is -0.247. The Balaban J connectivity index is 3.33. The van der Waals surface area contributed by atoms with E-state index in [4.69, 9.17) is 9.76 Å². The molecule has 2 nitrogen and oxygen atoms in total. The van der Waals surface area contributed by atoms with Crippen LogP contribution in [0.4, 0.5) is 0 Å². The first-order chi connectivity index (χ1) is 4.12. The van der Waals surface area contributed by atoms with E-state index in [1.54, 1.807) is 0 Å². The predicted molar refractivity (Wildman–Crippen MR) is 39.6 cm³/mol. The van der Waals surface area contributed by atoms with E-state index in [0.717, 1.165) is 0 Å². The maximum atomic E-state index is 8.33. The first-order valence-corrected chi connectivity index (χ1v) is 3.03. The van der Waals surface area contributed by atoms with Gasteiger partial charge in [-0.2, -0.15) is 0 Å². The zero-order valence-electron chi connectivity index (χ0n) is 6.22. The molecule has 0 aliphatic carbocycles. The molecule has 0 aromatic carbocycles. The smallest absolute Gasteiger partial charge is 0.319 e. The summed E-state index contributed by atoms with van der Waals surface area (Å²) >= 11 is 0. The van der Waals surface area contributed by atoms with Gasteiger partial charge < -0.3 is 9.76 Å². The molecule has 0 fully saturated rings. The van der Waals surface area contributed by atoms with Crippen molar-refractivity contribution in [3.05, 3.63) is 0 Å². The van der Waals surface area contributed by atoms with Crippen molar-refractivity contribution in [2.75, 3.05) is 6.51 Å². The van der Waals surface area contributed by atoms with Gasteiger partial charge in [-0.05, 0) is 13.8 Å². The third kappa shape index (κ3) is 4.55. The minimum absolute atomic E-state index is 0.0305. The van der Waals surface area contributed by atoms with Crippen LogP contribution in [0.25, 0.3) is 0 Å². The molecule has 0 rings (SSSR count). The summed E-state index contributed by atoms with van der Waals surface area (Å²) in [6.07, 6.45) is 0. The Kier molecular flexibility index (Phi) is 3.98. The van der Waals surface area contributed by atoms with Crippen LogP contribution >= 0.6 is 0 Å². The van der Waals surface area contributed by atoms with Crippen LogP contribution in [0.1, 0.15) is 13.8 Å². The van der Waals surface area contributed by atoms with E-state index in [1.807, 2.05) is 28.0 Å². The van der Waals surface area contributed by atoms with Crippen molar-refractivity contribution in [1.82, 2.24) is 0 Å². The van der Waals surface area contributed by atoms with Crippen molar-refractivity contribution < 1.29 is 9.76 Å². The molecule has 0 aromatic heterocycles. The molecule has 0 saturated carbocycles. The van der Waals surface area contributed by atoms with Gasteiger partial charge in [0.1, 0.15) is 7.28 Å². The highest BCUT2D eigenvalue weighted by atomic mass is 16.5. The van der Waals surface area contributed by atoms with Crippen molar-refractivity contribution in [3.8, 4) is 0 Å². The SMILES string of the molecule is C[B]C(C)(C)O[B]CO. The molecule has 0 atom stereocenters. The molecule has 2 radical (unpaired) electrons. The number of aliphatic hydroxyl groups excluding tert-OH is 1. The Labute approximate surface area is 58.1 Å². The van der Waals surface area contributed by atoms with Crippen molar-refractivity contribution in [2.24, 2.45) is 0 Å². The molecule has 1 N–H and O–H groups in total. The Bertz CT molecular complexity index is 75.4. The largest absolute Gasteiger partial charge is 0.441 e. The van der Waals surface area contributed by atoms with Crippen LogP contribution in [0.5, 0.6) is 0 Å².